The van der Waals surface area contributed by atoms with Crippen LogP contribution in [-0.2, 0) is 9.53 Å². The fourth-order valence-corrected chi connectivity index (χ4v) is 3.96. The minimum atomic E-state index is -0.368. The van der Waals surface area contributed by atoms with Crippen LogP contribution in [0.5, 0.6) is 0 Å². The van der Waals surface area contributed by atoms with Gasteiger partial charge in [-0.2, -0.15) is 5.10 Å². The van der Waals surface area contributed by atoms with Gasteiger partial charge in [0.1, 0.15) is 0 Å². The third-order valence-corrected chi connectivity index (χ3v) is 5.54. The molecule has 2 aromatic heterocycles. The Morgan fingerprint density at radius 1 is 1.25 bits per heavy atom. The van der Waals surface area contributed by atoms with Crippen LogP contribution in [0.15, 0.2) is 48.7 Å². The molecule has 4 aromatic rings. The molecule has 0 bridgehead atoms. The molecule has 0 aliphatic rings. The molecule has 0 aliphatic carbocycles. The van der Waals surface area contributed by atoms with Crippen LogP contribution < -0.4 is 0 Å². The van der Waals surface area contributed by atoms with Crippen molar-refractivity contribution in [2.75, 3.05) is 7.11 Å². The zero-order chi connectivity index (χ0) is 19.8. The molecule has 0 radical (unpaired) electrons. The Labute approximate surface area is 176 Å². The van der Waals surface area contributed by atoms with Crippen molar-refractivity contribution in [1.82, 2.24) is 14.8 Å². The summed E-state index contributed by atoms with van der Waals surface area (Å²) in [6.07, 6.45) is 5.17. The van der Waals surface area contributed by atoms with Crippen molar-refractivity contribution >= 4 is 56.4 Å². The number of benzene rings is 2. The number of carbonyl (C=O) groups is 1. The quantitative estimate of drug-likeness (QED) is 0.239. The van der Waals surface area contributed by atoms with E-state index in [4.69, 9.17) is 4.74 Å². The number of fused-ring (bicyclic) bond motifs is 2. The van der Waals surface area contributed by atoms with Crippen LogP contribution in [0.4, 0.5) is 0 Å². The van der Waals surface area contributed by atoms with E-state index in [-0.39, 0.29) is 11.9 Å². The molecule has 142 valence electrons. The van der Waals surface area contributed by atoms with Crippen molar-refractivity contribution in [3.63, 3.8) is 0 Å². The van der Waals surface area contributed by atoms with Crippen molar-refractivity contribution < 1.29 is 9.53 Å². The van der Waals surface area contributed by atoms with Crippen molar-refractivity contribution in [3.05, 3.63) is 63.5 Å². The predicted octanol–water partition coefficient (Wildman–Crippen LogP) is 5.42. The summed E-state index contributed by atoms with van der Waals surface area (Å²) in [5, 5.41) is 9.33. The van der Waals surface area contributed by atoms with E-state index in [2.05, 4.69) is 87.6 Å². The van der Waals surface area contributed by atoms with Gasteiger partial charge in [0.15, 0.2) is 0 Å². The molecule has 0 saturated carbocycles. The maximum absolute atomic E-state index is 11.8. The Kier molecular flexibility index (Phi) is 4.97. The molecule has 28 heavy (non-hydrogen) atoms. The van der Waals surface area contributed by atoms with E-state index < -0.39 is 0 Å². The fourth-order valence-electron chi connectivity index (χ4n) is 3.60. The standard InChI is InChI=1S/C22H20IN3O2/c1-13(2)22-17(8-9-21(27)28-3)18-11-19-14(12-24-25-19)10-20(18)26(22)16-6-4-15(23)5-7-16/h4-13H,1-3H3,(H,24,25)/b9-8+. The summed E-state index contributed by atoms with van der Waals surface area (Å²) in [4.78, 5) is 11.8. The summed E-state index contributed by atoms with van der Waals surface area (Å²) in [5.74, 6) is -0.118. The topological polar surface area (TPSA) is 59.9 Å². The molecule has 0 saturated heterocycles. The SMILES string of the molecule is COC(=O)/C=C/c1c(C(C)C)n(-c2ccc(I)cc2)c2cc3cn[nH]c3cc12. The first-order valence-corrected chi connectivity index (χ1v) is 10.1. The molecule has 2 aromatic carbocycles. The van der Waals surface area contributed by atoms with E-state index in [1.54, 1.807) is 0 Å². The maximum atomic E-state index is 11.8. The highest BCUT2D eigenvalue weighted by Crippen LogP contribution is 2.37. The predicted molar refractivity (Wildman–Crippen MR) is 121 cm³/mol. The zero-order valence-electron chi connectivity index (χ0n) is 15.9. The number of H-pyrrole nitrogens is 1. The van der Waals surface area contributed by atoms with E-state index in [1.807, 2.05) is 12.3 Å². The third-order valence-electron chi connectivity index (χ3n) is 4.82. The van der Waals surface area contributed by atoms with E-state index >= 15 is 0 Å². The van der Waals surface area contributed by atoms with Gasteiger partial charge in [-0.1, -0.05) is 13.8 Å². The molecule has 0 aliphatic heterocycles. The second-order valence-corrected chi connectivity index (χ2v) is 8.19. The summed E-state index contributed by atoms with van der Waals surface area (Å²) in [6.45, 7) is 4.33. The average molecular weight is 485 g/mol. The molecule has 4 rings (SSSR count). The smallest absolute Gasteiger partial charge is 0.330 e. The number of hydrogen-bond acceptors (Lipinski definition) is 3. The number of carbonyl (C=O) groups excluding carboxylic acids is 1. The van der Waals surface area contributed by atoms with Crippen molar-refractivity contribution in [1.29, 1.82) is 0 Å². The molecule has 6 heteroatoms. The Hall–Kier alpha value is -2.61. The molecule has 5 nitrogen and oxygen atoms in total. The highest BCUT2D eigenvalue weighted by atomic mass is 127. The lowest BCUT2D eigenvalue weighted by atomic mass is 10.0. The Bertz CT molecular complexity index is 1200. The first-order valence-electron chi connectivity index (χ1n) is 9.03. The number of nitrogens with one attached hydrogen (secondary N) is 1. The molecule has 0 atom stereocenters. The van der Waals surface area contributed by atoms with Crippen molar-refractivity contribution in [2.24, 2.45) is 0 Å². The molecule has 0 unspecified atom stereocenters. The maximum Gasteiger partial charge on any atom is 0.330 e. The Morgan fingerprint density at radius 3 is 2.68 bits per heavy atom. The molecule has 2 heterocycles. The van der Waals surface area contributed by atoms with Crippen LogP contribution in [0.1, 0.15) is 31.0 Å². The van der Waals surface area contributed by atoms with Gasteiger partial charge in [0.2, 0.25) is 0 Å². The van der Waals surface area contributed by atoms with Crippen molar-refractivity contribution in [2.45, 2.75) is 19.8 Å². The molecule has 0 amide bonds. The van der Waals surface area contributed by atoms with Gasteiger partial charge in [0.25, 0.3) is 0 Å². The number of aromatic nitrogens is 3. The number of methoxy groups -OCH3 is 1. The summed E-state index contributed by atoms with van der Waals surface area (Å²) >= 11 is 2.31. The minimum absolute atomic E-state index is 0.250. The number of esters is 1. The van der Waals surface area contributed by atoms with Gasteiger partial charge >= 0.3 is 5.97 Å². The van der Waals surface area contributed by atoms with Crippen LogP contribution in [-0.4, -0.2) is 27.8 Å². The summed E-state index contributed by atoms with van der Waals surface area (Å²) in [6, 6.07) is 12.7. The summed E-state index contributed by atoms with van der Waals surface area (Å²) in [7, 11) is 1.39. The molecule has 0 spiro atoms. The monoisotopic (exact) mass is 485 g/mol. The molecular formula is C22H20IN3O2. The van der Waals surface area contributed by atoms with Crippen molar-refractivity contribution in [3.8, 4) is 5.69 Å². The Balaban J connectivity index is 2.10. The van der Waals surface area contributed by atoms with E-state index in [0.717, 1.165) is 38.8 Å². The summed E-state index contributed by atoms with van der Waals surface area (Å²) in [5.41, 5.74) is 5.32. The summed E-state index contributed by atoms with van der Waals surface area (Å²) < 4.78 is 8.26. The number of rotatable bonds is 4. The number of ether oxygens (including phenoxy) is 1. The second kappa shape index (κ2) is 7.43. The fraction of sp³-hybridized carbons (Fsp3) is 0.182. The lowest BCUT2D eigenvalue weighted by molar-refractivity contribution is -0.134. The third kappa shape index (κ3) is 3.22. The van der Waals surface area contributed by atoms with E-state index in [0.29, 0.717) is 0 Å². The second-order valence-electron chi connectivity index (χ2n) is 6.95. The van der Waals surface area contributed by atoms with Gasteiger partial charge in [0, 0.05) is 37.4 Å². The highest BCUT2D eigenvalue weighted by Gasteiger charge is 2.20. The first-order chi connectivity index (χ1) is 13.5. The average Bonchev–Trinajstić information content (AvgIpc) is 3.26. The van der Waals surface area contributed by atoms with Crippen LogP contribution in [0.3, 0.4) is 0 Å². The largest absolute Gasteiger partial charge is 0.466 e. The van der Waals surface area contributed by atoms with Crippen LogP contribution in [0.25, 0.3) is 33.6 Å². The van der Waals surface area contributed by atoms with Crippen LogP contribution >= 0.6 is 22.6 Å². The lowest BCUT2D eigenvalue weighted by Gasteiger charge is -2.15. The molecule has 1 N–H and O–H groups in total. The van der Waals surface area contributed by atoms with Gasteiger partial charge in [-0.15, -0.1) is 0 Å². The molecule has 0 fully saturated rings. The van der Waals surface area contributed by atoms with Gasteiger partial charge in [-0.05, 0) is 71.0 Å². The van der Waals surface area contributed by atoms with Crippen LogP contribution in [0.2, 0.25) is 0 Å². The van der Waals surface area contributed by atoms with E-state index in [1.165, 1.54) is 16.8 Å². The van der Waals surface area contributed by atoms with Gasteiger partial charge in [0.05, 0.1) is 24.3 Å². The number of halogens is 1. The number of hydrogen-bond donors (Lipinski definition) is 1. The number of aromatic amines is 1. The highest BCUT2D eigenvalue weighted by molar-refractivity contribution is 14.1. The number of nitrogens with zero attached hydrogens (tertiary/aromatic N) is 2. The van der Waals surface area contributed by atoms with Gasteiger partial charge < -0.3 is 9.30 Å². The molecular weight excluding hydrogens is 465 g/mol. The van der Waals surface area contributed by atoms with Gasteiger partial charge in [-0.3, -0.25) is 5.10 Å². The minimum Gasteiger partial charge on any atom is -0.466 e. The zero-order valence-corrected chi connectivity index (χ0v) is 18.0. The van der Waals surface area contributed by atoms with Crippen LogP contribution in [0, 0.1) is 3.57 Å². The Morgan fingerprint density at radius 2 is 2.00 bits per heavy atom. The van der Waals surface area contributed by atoms with Gasteiger partial charge in [-0.25, -0.2) is 4.79 Å². The van der Waals surface area contributed by atoms with E-state index in [9.17, 15) is 4.79 Å². The lowest BCUT2D eigenvalue weighted by Crippen LogP contribution is -2.03. The normalized spacial score (nSPS) is 11.9. The first kappa shape index (κ1) is 18.7.